The first kappa shape index (κ1) is 22.0. The molecule has 1 aromatic carbocycles. The molecule has 0 saturated heterocycles. The molecule has 2 heterocycles. The van der Waals surface area contributed by atoms with Gasteiger partial charge in [0, 0.05) is 30.8 Å². The second-order valence-corrected chi connectivity index (χ2v) is 6.77. The minimum absolute atomic E-state index is 0.269. The minimum atomic E-state index is -0.269. The summed E-state index contributed by atoms with van der Waals surface area (Å²) in [5, 5.41) is 3.37. The Balaban J connectivity index is 0.00000136. The highest BCUT2D eigenvalue weighted by molar-refractivity contribution is 5.81. The van der Waals surface area contributed by atoms with Crippen LogP contribution in [-0.2, 0) is 13.0 Å². The summed E-state index contributed by atoms with van der Waals surface area (Å²) in [5.74, 6) is 1.13. The van der Waals surface area contributed by atoms with Crippen LogP contribution in [0.25, 0.3) is 11.3 Å². The normalized spacial score (nSPS) is 14.1. The van der Waals surface area contributed by atoms with E-state index in [9.17, 15) is 0 Å². The fraction of sp³-hybridized carbons (Fsp3) is 0.478. The fourth-order valence-electron chi connectivity index (χ4n) is 3.55. The van der Waals surface area contributed by atoms with Gasteiger partial charge in [-0.05, 0) is 30.9 Å². The molecule has 5 heteroatoms. The number of rotatable bonds is 8. The van der Waals surface area contributed by atoms with Crippen LogP contribution in [0.2, 0.25) is 0 Å². The standard InChI is InChI=1S/C21H29N5.C2H6/c1-3-5-12-18-25-19-20(26(18)13-8-9-15(4-2)14-22)16-10-6-7-11-17(16)24-21(19)23;1-2/h6-7,10-11,21,24H,2-3,5,8-9,12-14,22-23H2,1H3;1-2H3. The zero-order valence-electron chi connectivity index (χ0n) is 17.6. The van der Waals surface area contributed by atoms with Crippen molar-refractivity contribution in [1.82, 2.24) is 9.55 Å². The molecule has 1 aliphatic heterocycles. The average Bonchev–Trinajstić information content (AvgIpc) is 3.10. The Labute approximate surface area is 169 Å². The van der Waals surface area contributed by atoms with E-state index in [0.29, 0.717) is 6.54 Å². The molecule has 2 aromatic rings. The van der Waals surface area contributed by atoms with Gasteiger partial charge in [0.1, 0.15) is 17.7 Å². The number of fused-ring (bicyclic) bond motifs is 3. The number of hydrogen-bond donors (Lipinski definition) is 3. The molecule has 1 aromatic heterocycles. The van der Waals surface area contributed by atoms with Crippen molar-refractivity contribution >= 4 is 5.69 Å². The van der Waals surface area contributed by atoms with E-state index < -0.39 is 0 Å². The van der Waals surface area contributed by atoms with Crippen molar-refractivity contribution in [3.8, 4) is 11.3 Å². The third kappa shape index (κ3) is 4.74. The van der Waals surface area contributed by atoms with E-state index in [1.807, 2.05) is 19.9 Å². The van der Waals surface area contributed by atoms with Crippen LogP contribution in [0.5, 0.6) is 0 Å². The van der Waals surface area contributed by atoms with Gasteiger partial charge in [-0.2, -0.15) is 0 Å². The van der Waals surface area contributed by atoms with Crippen molar-refractivity contribution in [3.05, 3.63) is 53.7 Å². The smallest absolute Gasteiger partial charge is 0.120 e. The molecule has 0 saturated carbocycles. The van der Waals surface area contributed by atoms with E-state index in [-0.39, 0.29) is 6.17 Å². The SMILES string of the molecule is C=C=C(CN)CCCn1c(CCCC)nc2c1-c1ccccc1NC2N.CC. The maximum Gasteiger partial charge on any atom is 0.120 e. The molecule has 0 spiro atoms. The molecule has 0 fully saturated rings. The molecule has 152 valence electrons. The number of aryl methyl sites for hydroxylation is 1. The van der Waals surface area contributed by atoms with Gasteiger partial charge in [0.25, 0.3) is 0 Å². The summed E-state index contributed by atoms with van der Waals surface area (Å²) >= 11 is 0. The summed E-state index contributed by atoms with van der Waals surface area (Å²) in [6.07, 6.45) is 4.87. The van der Waals surface area contributed by atoms with Crippen LogP contribution < -0.4 is 16.8 Å². The van der Waals surface area contributed by atoms with Crippen molar-refractivity contribution in [2.75, 3.05) is 11.9 Å². The predicted molar refractivity (Wildman–Crippen MR) is 119 cm³/mol. The molecule has 28 heavy (non-hydrogen) atoms. The molecule has 1 aliphatic rings. The first-order valence-electron chi connectivity index (χ1n) is 10.5. The van der Waals surface area contributed by atoms with Crippen LogP contribution in [0.4, 0.5) is 5.69 Å². The van der Waals surface area contributed by atoms with Gasteiger partial charge in [-0.25, -0.2) is 4.98 Å². The van der Waals surface area contributed by atoms with Crippen molar-refractivity contribution in [2.45, 2.75) is 65.6 Å². The molecule has 0 bridgehead atoms. The van der Waals surface area contributed by atoms with Crippen LogP contribution in [0.3, 0.4) is 0 Å². The maximum atomic E-state index is 6.37. The number of unbranched alkanes of at least 4 members (excludes halogenated alkanes) is 1. The highest BCUT2D eigenvalue weighted by atomic mass is 15.2. The highest BCUT2D eigenvalue weighted by Gasteiger charge is 2.28. The molecular weight excluding hydrogens is 346 g/mol. The van der Waals surface area contributed by atoms with Crippen molar-refractivity contribution in [1.29, 1.82) is 0 Å². The van der Waals surface area contributed by atoms with Crippen molar-refractivity contribution < 1.29 is 0 Å². The fourth-order valence-corrected chi connectivity index (χ4v) is 3.55. The molecule has 0 aliphatic carbocycles. The lowest BCUT2D eigenvalue weighted by atomic mass is 10.0. The number of imidazole rings is 1. The van der Waals surface area contributed by atoms with E-state index in [4.69, 9.17) is 16.5 Å². The average molecular weight is 382 g/mol. The number of hydrogen-bond acceptors (Lipinski definition) is 4. The van der Waals surface area contributed by atoms with E-state index in [2.05, 4.69) is 47.3 Å². The Morgan fingerprint density at radius 1 is 1.29 bits per heavy atom. The molecule has 0 radical (unpaired) electrons. The number of para-hydroxylation sites is 1. The van der Waals surface area contributed by atoms with E-state index in [1.165, 1.54) is 5.56 Å². The predicted octanol–water partition coefficient (Wildman–Crippen LogP) is 4.75. The van der Waals surface area contributed by atoms with Crippen molar-refractivity contribution in [2.24, 2.45) is 11.5 Å². The zero-order chi connectivity index (χ0) is 20.5. The maximum absolute atomic E-state index is 6.37. The molecule has 5 nitrogen and oxygen atoms in total. The summed E-state index contributed by atoms with van der Waals surface area (Å²) < 4.78 is 2.36. The van der Waals surface area contributed by atoms with Gasteiger partial charge in [0.2, 0.25) is 0 Å². The molecule has 5 N–H and O–H groups in total. The Hall–Kier alpha value is -2.33. The molecule has 1 atom stereocenters. The van der Waals surface area contributed by atoms with Crippen LogP contribution in [0.1, 0.15) is 64.1 Å². The summed E-state index contributed by atoms with van der Waals surface area (Å²) in [5.41, 5.74) is 20.5. The number of nitrogens with one attached hydrogen (secondary N) is 1. The largest absolute Gasteiger partial charge is 0.364 e. The third-order valence-corrected chi connectivity index (χ3v) is 4.97. The lowest BCUT2D eigenvalue weighted by Crippen LogP contribution is -2.25. The number of nitrogens with zero attached hydrogens (tertiary/aromatic N) is 2. The second-order valence-electron chi connectivity index (χ2n) is 6.77. The van der Waals surface area contributed by atoms with E-state index in [0.717, 1.165) is 67.1 Å². The Morgan fingerprint density at radius 2 is 2.04 bits per heavy atom. The van der Waals surface area contributed by atoms with Gasteiger partial charge in [-0.1, -0.05) is 52.0 Å². The monoisotopic (exact) mass is 381 g/mol. The lowest BCUT2D eigenvalue weighted by molar-refractivity contribution is 0.599. The number of anilines is 1. The summed E-state index contributed by atoms with van der Waals surface area (Å²) in [7, 11) is 0. The summed E-state index contributed by atoms with van der Waals surface area (Å²) in [6.45, 7) is 11.4. The van der Waals surface area contributed by atoms with Gasteiger partial charge in [0.05, 0.1) is 5.69 Å². The first-order valence-corrected chi connectivity index (χ1v) is 10.5. The van der Waals surface area contributed by atoms with E-state index in [1.54, 1.807) is 0 Å². The van der Waals surface area contributed by atoms with Gasteiger partial charge in [0.15, 0.2) is 0 Å². The van der Waals surface area contributed by atoms with Crippen LogP contribution in [0.15, 0.2) is 42.1 Å². The lowest BCUT2D eigenvalue weighted by Gasteiger charge is -2.25. The molecule has 3 rings (SSSR count). The third-order valence-electron chi connectivity index (χ3n) is 4.97. The second kappa shape index (κ2) is 10.9. The quantitative estimate of drug-likeness (QED) is 0.576. The Bertz CT molecular complexity index is 814. The summed E-state index contributed by atoms with van der Waals surface area (Å²) in [6, 6.07) is 8.32. The molecule has 1 unspecified atom stereocenters. The van der Waals surface area contributed by atoms with Crippen LogP contribution in [-0.4, -0.2) is 16.1 Å². The number of aromatic nitrogens is 2. The van der Waals surface area contributed by atoms with Gasteiger partial charge in [-0.15, -0.1) is 5.73 Å². The minimum Gasteiger partial charge on any atom is -0.364 e. The van der Waals surface area contributed by atoms with Crippen LogP contribution >= 0.6 is 0 Å². The number of benzene rings is 1. The van der Waals surface area contributed by atoms with Crippen molar-refractivity contribution in [3.63, 3.8) is 0 Å². The summed E-state index contributed by atoms with van der Waals surface area (Å²) in [4.78, 5) is 4.92. The van der Waals surface area contributed by atoms with Gasteiger partial charge in [-0.3, -0.25) is 0 Å². The molecular formula is C23H35N5. The van der Waals surface area contributed by atoms with Crippen LogP contribution in [0, 0.1) is 0 Å². The van der Waals surface area contributed by atoms with E-state index >= 15 is 0 Å². The highest BCUT2D eigenvalue weighted by Crippen LogP contribution is 2.39. The number of nitrogens with two attached hydrogens (primary N) is 2. The Morgan fingerprint density at radius 3 is 2.71 bits per heavy atom. The first-order chi connectivity index (χ1) is 13.7. The topological polar surface area (TPSA) is 81.9 Å². The van der Waals surface area contributed by atoms with Gasteiger partial charge >= 0.3 is 0 Å². The zero-order valence-corrected chi connectivity index (χ0v) is 17.6. The molecule has 0 amide bonds. The Kier molecular flexibility index (Phi) is 8.52. The van der Waals surface area contributed by atoms with Gasteiger partial charge < -0.3 is 21.4 Å².